The van der Waals surface area contributed by atoms with Crippen molar-refractivity contribution in [2.24, 2.45) is 0 Å². The van der Waals surface area contributed by atoms with Crippen LogP contribution in [-0.4, -0.2) is 53.4 Å². The van der Waals surface area contributed by atoms with E-state index < -0.39 is 5.60 Å². The molecule has 1 amide bonds. The van der Waals surface area contributed by atoms with Crippen molar-refractivity contribution in [2.45, 2.75) is 77.5 Å². The molecule has 2 heterocycles. The molecule has 0 radical (unpaired) electrons. The highest BCUT2D eigenvalue weighted by atomic mass is 35.5. The molecule has 1 aliphatic carbocycles. The number of aromatic nitrogens is 1. The summed E-state index contributed by atoms with van der Waals surface area (Å²) in [6.07, 6.45) is 5.67. The van der Waals surface area contributed by atoms with E-state index in [0.29, 0.717) is 47.5 Å². The van der Waals surface area contributed by atoms with E-state index in [1.54, 1.807) is 11.0 Å². The molecule has 0 unspecified atom stereocenters. The Kier molecular flexibility index (Phi) is 6.24. The molecular weight excluding hydrogens is 418 g/mol. The summed E-state index contributed by atoms with van der Waals surface area (Å²) in [4.78, 5) is 20.9. The number of hydrogen-bond acceptors (Lipinski definition) is 6. The highest BCUT2D eigenvalue weighted by Crippen LogP contribution is 2.36. The number of benzene rings is 1. The van der Waals surface area contributed by atoms with Crippen LogP contribution < -0.4 is 9.64 Å². The van der Waals surface area contributed by atoms with Gasteiger partial charge in [0.25, 0.3) is 6.01 Å². The van der Waals surface area contributed by atoms with Crippen molar-refractivity contribution in [3.8, 4) is 5.75 Å². The molecule has 2 aliphatic rings. The lowest BCUT2D eigenvalue weighted by Crippen LogP contribution is -2.54. The van der Waals surface area contributed by atoms with Gasteiger partial charge in [0.2, 0.25) is 0 Å². The first-order valence-electron chi connectivity index (χ1n) is 11.2. The third-order valence-electron chi connectivity index (χ3n) is 5.78. The SMILES string of the molecule is C[C@H]1CN(C(=O)OC(C)(C)C)CCN1c1nc2cc(Cl)cc(OC3CCCCC3)c2o1. The van der Waals surface area contributed by atoms with Crippen LogP contribution >= 0.6 is 11.6 Å². The van der Waals surface area contributed by atoms with E-state index in [0.717, 1.165) is 12.8 Å². The first kappa shape index (κ1) is 22.1. The van der Waals surface area contributed by atoms with Gasteiger partial charge in [0.15, 0.2) is 11.3 Å². The van der Waals surface area contributed by atoms with Gasteiger partial charge in [0.05, 0.1) is 6.10 Å². The van der Waals surface area contributed by atoms with Crippen molar-refractivity contribution in [2.75, 3.05) is 24.5 Å². The van der Waals surface area contributed by atoms with Crippen molar-refractivity contribution in [3.63, 3.8) is 0 Å². The Hall–Kier alpha value is -2.15. The highest BCUT2D eigenvalue weighted by molar-refractivity contribution is 6.31. The van der Waals surface area contributed by atoms with Gasteiger partial charge in [-0.25, -0.2) is 4.79 Å². The van der Waals surface area contributed by atoms with Crippen LogP contribution in [0.5, 0.6) is 5.75 Å². The van der Waals surface area contributed by atoms with Gasteiger partial charge in [-0.1, -0.05) is 18.0 Å². The molecular formula is C23H32ClN3O4. The maximum atomic E-state index is 12.4. The summed E-state index contributed by atoms with van der Waals surface area (Å²) in [5, 5.41) is 0.584. The quantitative estimate of drug-likeness (QED) is 0.604. The number of carbonyl (C=O) groups is 1. The van der Waals surface area contributed by atoms with Crippen LogP contribution in [0.4, 0.5) is 10.8 Å². The van der Waals surface area contributed by atoms with Gasteiger partial charge < -0.3 is 23.7 Å². The fourth-order valence-corrected chi connectivity index (χ4v) is 4.47. The molecule has 1 aromatic carbocycles. The molecule has 170 valence electrons. The van der Waals surface area contributed by atoms with Gasteiger partial charge in [0.1, 0.15) is 11.1 Å². The van der Waals surface area contributed by atoms with Crippen LogP contribution in [0.25, 0.3) is 11.1 Å². The first-order valence-corrected chi connectivity index (χ1v) is 11.6. The van der Waals surface area contributed by atoms with E-state index >= 15 is 0 Å². The number of oxazole rings is 1. The van der Waals surface area contributed by atoms with E-state index in [-0.39, 0.29) is 18.2 Å². The van der Waals surface area contributed by atoms with Gasteiger partial charge in [-0.2, -0.15) is 4.98 Å². The maximum Gasteiger partial charge on any atom is 0.410 e. The summed E-state index contributed by atoms with van der Waals surface area (Å²) < 4.78 is 18.0. The number of hydrogen-bond donors (Lipinski definition) is 0. The van der Waals surface area contributed by atoms with Gasteiger partial charge in [-0.15, -0.1) is 0 Å². The monoisotopic (exact) mass is 449 g/mol. The van der Waals surface area contributed by atoms with Gasteiger partial charge in [0, 0.05) is 36.8 Å². The lowest BCUT2D eigenvalue weighted by atomic mass is 9.98. The first-order chi connectivity index (χ1) is 14.7. The van der Waals surface area contributed by atoms with Crippen molar-refractivity contribution in [1.29, 1.82) is 0 Å². The number of carbonyl (C=O) groups excluding carboxylic acids is 1. The molecule has 1 saturated carbocycles. The van der Waals surface area contributed by atoms with E-state index in [4.69, 9.17) is 30.5 Å². The smallest absolute Gasteiger partial charge is 0.410 e. The maximum absolute atomic E-state index is 12.4. The van der Waals surface area contributed by atoms with Crippen LogP contribution in [0.3, 0.4) is 0 Å². The number of nitrogens with zero attached hydrogens (tertiary/aromatic N) is 3. The molecule has 8 heteroatoms. The molecule has 7 nitrogen and oxygen atoms in total. The Balaban J connectivity index is 1.51. The van der Waals surface area contributed by atoms with E-state index in [1.165, 1.54) is 19.3 Å². The number of piperazine rings is 1. The van der Waals surface area contributed by atoms with Crippen LogP contribution in [-0.2, 0) is 4.74 Å². The van der Waals surface area contributed by atoms with Crippen molar-refractivity contribution in [1.82, 2.24) is 9.88 Å². The number of halogens is 1. The Bertz CT molecular complexity index is 933. The molecule has 2 fully saturated rings. The van der Waals surface area contributed by atoms with E-state index in [2.05, 4.69) is 11.8 Å². The standard InChI is InChI=1S/C23H32ClN3O4/c1-15-14-26(22(28)31-23(2,3)4)10-11-27(15)21-25-18-12-16(24)13-19(20(18)30-21)29-17-8-6-5-7-9-17/h12-13,15,17H,5-11,14H2,1-4H3/t15-/m0/s1. The Morgan fingerprint density at radius 3 is 2.61 bits per heavy atom. The van der Waals surface area contributed by atoms with Crippen molar-refractivity contribution in [3.05, 3.63) is 17.2 Å². The summed E-state index contributed by atoms with van der Waals surface area (Å²) in [5.41, 5.74) is 0.813. The molecule has 1 aromatic heterocycles. The second-order valence-electron chi connectivity index (χ2n) is 9.60. The minimum atomic E-state index is -0.508. The third-order valence-corrected chi connectivity index (χ3v) is 6.00. The predicted octanol–water partition coefficient (Wildman–Crippen LogP) is 5.64. The topological polar surface area (TPSA) is 68.0 Å². The molecule has 4 rings (SSSR count). The molecule has 1 saturated heterocycles. The van der Waals surface area contributed by atoms with Gasteiger partial charge in [-0.05, 0) is 59.4 Å². The molecule has 0 bridgehead atoms. The number of rotatable bonds is 3. The fourth-order valence-electron chi connectivity index (χ4n) is 4.26. The predicted molar refractivity (Wildman–Crippen MR) is 121 cm³/mol. The van der Waals surface area contributed by atoms with Crippen LogP contribution in [0.1, 0.15) is 59.8 Å². The van der Waals surface area contributed by atoms with Crippen molar-refractivity contribution >= 4 is 34.8 Å². The van der Waals surface area contributed by atoms with Crippen LogP contribution in [0.2, 0.25) is 5.02 Å². The highest BCUT2D eigenvalue weighted by Gasteiger charge is 2.32. The molecule has 0 N–H and O–H groups in total. The summed E-state index contributed by atoms with van der Waals surface area (Å²) in [7, 11) is 0. The summed E-state index contributed by atoms with van der Waals surface area (Å²) in [6.45, 7) is 9.38. The molecule has 31 heavy (non-hydrogen) atoms. The van der Waals surface area contributed by atoms with E-state index in [9.17, 15) is 4.79 Å². The van der Waals surface area contributed by atoms with Crippen molar-refractivity contribution < 1.29 is 18.7 Å². The zero-order valence-corrected chi connectivity index (χ0v) is 19.6. The number of anilines is 1. The largest absolute Gasteiger partial charge is 0.486 e. The zero-order valence-electron chi connectivity index (χ0n) is 18.8. The fraction of sp³-hybridized carbons (Fsp3) is 0.652. The molecule has 2 aromatic rings. The van der Waals surface area contributed by atoms with Crippen LogP contribution in [0.15, 0.2) is 16.5 Å². The van der Waals surface area contributed by atoms with E-state index in [1.807, 2.05) is 26.8 Å². The minimum absolute atomic E-state index is 0.0347. The number of fused-ring (bicyclic) bond motifs is 1. The average molecular weight is 450 g/mol. The number of amides is 1. The Morgan fingerprint density at radius 2 is 1.94 bits per heavy atom. The zero-order chi connectivity index (χ0) is 22.2. The Labute approximate surface area is 188 Å². The Morgan fingerprint density at radius 1 is 1.19 bits per heavy atom. The summed E-state index contributed by atoms with van der Waals surface area (Å²) in [6, 6.07) is 4.19. The van der Waals surface area contributed by atoms with Crippen LogP contribution in [0, 0.1) is 0 Å². The lowest BCUT2D eigenvalue weighted by Gasteiger charge is -2.39. The van der Waals surface area contributed by atoms with Gasteiger partial charge in [-0.3, -0.25) is 0 Å². The summed E-state index contributed by atoms with van der Waals surface area (Å²) >= 11 is 6.34. The average Bonchev–Trinajstić information content (AvgIpc) is 3.11. The molecule has 1 atom stereocenters. The molecule has 1 aliphatic heterocycles. The summed E-state index contributed by atoms with van der Waals surface area (Å²) in [5.74, 6) is 0.660. The number of ether oxygens (including phenoxy) is 2. The van der Waals surface area contributed by atoms with Gasteiger partial charge >= 0.3 is 6.09 Å². The lowest BCUT2D eigenvalue weighted by molar-refractivity contribution is 0.0216. The molecule has 0 spiro atoms. The second-order valence-corrected chi connectivity index (χ2v) is 10.0. The minimum Gasteiger partial charge on any atom is -0.486 e. The second kappa shape index (κ2) is 8.77. The third kappa shape index (κ3) is 5.20. The normalized spacial score (nSPS) is 20.9.